The topological polar surface area (TPSA) is 99.0 Å². The van der Waals surface area contributed by atoms with Gasteiger partial charge in [-0.2, -0.15) is 4.98 Å². The monoisotopic (exact) mass is 467 g/mol. The molecule has 0 unspecified atom stereocenters. The first kappa shape index (κ1) is 24.4. The Kier molecular flexibility index (Phi) is 8.21. The Bertz CT molecular complexity index is 1130. The predicted molar refractivity (Wildman–Crippen MR) is 128 cm³/mol. The highest BCUT2D eigenvalue weighted by Crippen LogP contribution is 2.21. The number of nitrogens with one attached hydrogen (secondary N) is 1. The molecule has 0 aliphatic carbocycles. The molecule has 0 fully saturated rings. The van der Waals surface area contributed by atoms with Crippen molar-refractivity contribution in [3.05, 3.63) is 81.8 Å². The maximum absolute atomic E-state index is 12.7. The van der Waals surface area contributed by atoms with Gasteiger partial charge < -0.3 is 14.6 Å². The Balaban J connectivity index is 1.77. The van der Waals surface area contributed by atoms with E-state index in [1.165, 1.54) is 23.7 Å². The number of hydrogen-bond donors (Lipinski definition) is 1. The van der Waals surface area contributed by atoms with Crippen molar-refractivity contribution < 1.29 is 9.53 Å². The summed E-state index contributed by atoms with van der Waals surface area (Å²) in [6, 6.07) is 8.26. The number of carbonyl (C=O) groups excluding carboxylic acids is 1. The first-order valence-electron chi connectivity index (χ1n) is 10.7. The van der Waals surface area contributed by atoms with Crippen molar-refractivity contribution in [2.24, 2.45) is 0 Å². The highest BCUT2D eigenvalue weighted by atomic mass is 32.2. The van der Waals surface area contributed by atoms with Crippen LogP contribution in [0.25, 0.3) is 0 Å². The summed E-state index contributed by atoms with van der Waals surface area (Å²) >= 11 is 1.49. The smallest absolute Gasteiger partial charge is 0.407 e. The predicted octanol–water partition coefficient (Wildman–Crippen LogP) is 3.75. The lowest BCUT2D eigenvalue weighted by atomic mass is 10.1. The van der Waals surface area contributed by atoms with Gasteiger partial charge in [0.05, 0.1) is 0 Å². The summed E-state index contributed by atoms with van der Waals surface area (Å²) in [5, 5.41) is 3.36. The minimum absolute atomic E-state index is 0.276. The van der Waals surface area contributed by atoms with E-state index in [0.717, 1.165) is 11.1 Å². The minimum Gasteiger partial charge on any atom is -0.444 e. The number of alkyl carbamates (subject to hydrolysis) is 1. The van der Waals surface area contributed by atoms with E-state index in [1.807, 2.05) is 32.3 Å². The SMILES string of the molecule is Cc1ccc(CSc2nc(=O)c(Cc3cncnc3)cn2CCNC(=O)OC(C)(C)C)cc1. The third-order valence-corrected chi connectivity index (χ3v) is 5.61. The number of ether oxygens (including phenoxy) is 1. The lowest BCUT2D eigenvalue weighted by molar-refractivity contribution is 0.0525. The molecule has 1 amide bonds. The molecule has 0 saturated heterocycles. The summed E-state index contributed by atoms with van der Waals surface area (Å²) < 4.78 is 7.20. The number of benzene rings is 1. The fraction of sp³-hybridized carbons (Fsp3) is 0.375. The van der Waals surface area contributed by atoms with Gasteiger partial charge in [0.1, 0.15) is 11.9 Å². The summed E-state index contributed by atoms with van der Waals surface area (Å²) in [7, 11) is 0. The second-order valence-electron chi connectivity index (χ2n) is 8.67. The first-order chi connectivity index (χ1) is 15.7. The normalized spacial score (nSPS) is 11.3. The van der Waals surface area contributed by atoms with Crippen molar-refractivity contribution in [2.75, 3.05) is 6.54 Å². The molecule has 3 rings (SSSR count). The maximum atomic E-state index is 12.7. The zero-order chi connectivity index (χ0) is 23.8. The van der Waals surface area contributed by atoms with E-state index in [9.17, 15) is 9.59 Å². The van der Waals surface area contributed by atoms with Crippen LogP contribution in [0, 0.1) is 6.92 Å². The molecule has 0 aliphatic rings. The molecule has 33 heavy (non-hydrogen) atoms. The molecule has 0 aliphatic heterocycles. The summed E-state index contributed by atoms with van der Waals surface area (Å²) in [5.41, 5.74) is 2.87. The average molecular weight is 468 g/mol. The second kappa shape index (κ2) is 11.1. The van der Waals surface area contributed by atoms with Crippen LogP contribution in [0.4, 0.5) is 4.79 Å². The molecule has 0 radical (unpaired) electrons. The number of nitrogens with zero attached hydrogens (tertiary/aromatic N) is 4. The van der Waals surface area contributed by atoms with E-state index in [2.05, 4.69) is 44.5 Å². The lowest BCUT2D eigenvalue weighted by Gasteiger charge is -2.20. The standard InChI is InChI=1S/C24H29N5O3S/c1-17-5-7-18(8-6-17)15-33-22-28-21(30)20(11-19-12-25-16-26-13-19)14-29(22)10-9-27-23(31)32-24(2,3)4/h5-8,12-14,16H,9-11,15H2,1-4H3,(H,27,31). The summed E-state index contributed by atoms with van der Waals surface area (Å²) in [5.74, 6) is 0.679. The summed E-state index contributed by atoms with van der Waals surface area (Å²) in [6.07, 6.45) is 6.52. The van der Waals surface area contributed by atoms with Gasteiger partial charge in [0.25, 0.3) is 5.56 Å². The fourth-order valence-electron chi connectivity index (χ4n) is 2.98. The molecule has 8 nitrogen and oxygen atoms in total. The van der Waals surface area contributed by atoms with Crippen LogP contribution in [0.2, 0.25) is 0 Å². The maximum Gasteiger partial charge on any atom is 0.407 e. The van der Waals surface area contributed by atoms with Gasteiger partial charge in [-0.05, 0) is 38.8 Å². The zero-order valence-electron chi connectivity index (χ0n) is 19.4. The van der Waals surface area contributed by atoms with E-state index in [1.54, 1.807) is 18.6 Å². The zero-order valence-corrected chi connectivity index (χ0v) is 20.2. The number of aromatic nitrogens is 4. The van der Waals surface area contributed by atoms with Crippen LogP contribution in [0.5, 0.6) is 0 Å². The number of rotatable bonds is 8. The molecule has 3 aromatic rings. The minimum atomic E-state index is -0.567. The van der Waals surface area contributed by atoms with Gasteiger partial charge in [-0.15, -0.1) is 0 Å². The van der Waals surface area contributed by atoms with E-state index in [4.69, 9.17) is 4.74 Å². The third-order valence-electron chi connectivity index (χ3n) is 4.55. The highest BCUT2D eigenvalue weighted by Gasteiger charge is 2.16. The quantitative estimate of drug-likeness (QED) is 0.398. The molecule has 0 atom stereocenters. The molecule has 9 heteroatoms. The number of amides is 1. The molecule has 2 heterocycles. The Hall–Kier alpha value is -3.20. The van der Waals surface area contributed by atoms with Crippen molar-refractivity contribution in [1.29, 1.82) is 0 Å². The molecule has 0 bridgehead atoms. The lowest BCUT2D eigenvalue weighted by Crippen LogP contribution is -2.34. The van der Waals surface area contributed by atoms with Crippen molar-refractivity contribution in [3.8, 4) is 0 Å². The van der Waals surface area contributed by atoms with E-state index < -0.39 is 11.7 Å². The fourth-order valence-corrected chi connectivity index (χ4v) is 3.93. The Morgan fingerprint density at radius 3 is 2.48 bits per heavy atom. The third kappa shape index (κ3) is 8.02. The molecule has 1 aromatic carbocycles. The van der Waals surface area contributed by atoms with Crippen LogP contribution in [-0.2, 0) is 23.5 Å². The van der Waals surface area contributed by atoms with Crippen molar-refractivity contribution >= 4 is 17.9 Å². The highest BCUT2D eigenvalue weighted by molar-refractivity contribution is 7.98. The molecule has 1 N–H and O–H groups in total. The van der Waals surface area contributed by atoms with Crippen LogP contribution in [0.3, 0.4) is 0 Å². The molecule has 0 spiro atoms. The number of thioether (sulfide) groups is 1. The van der Waals surface area contributed by atoms with Crippen LogP contribution >= 0.6 is 11.8 Å². The number of hydrogen-bond acceptors (Lipinski definition) is 7. The van der Waals surface area contributed by atoms with Gasteiger partial charge in [-0.1, -0.05) is 41.6 Å². The summed E-state index contributed by atoms with van der Waals surface area (Å²) in [4.78, 5) is 37.1. The molecular formula is C24H29N5O3S. The van der Waals surface area contributed by atoms with Gasteiger partial charge in [0.2, 0.25) is 0 Å². The van der Waals surface area contributed by atoms with Gasteiger partial charge in [0.15, 0.2) is 5.16 Å². The Morgan fingerprint density at radius 1 is 1.12 bits per heavy atom. The molecule has 0 saturated carbocycles. The van der Waals surface area contributed by atoms with E-state index in [0.29, 0.717) is 36.0 Å². The summed E-state index contributed by atoms with van der Waals surface area (Å²) in [6.45, 7) is 8.28. The van der Waals surface area contributed by atoms with Gasteiger partial charge in [0, 0.05) is 49.4 Å². The van der Waals surface area contributed by atoms with Crippen LogP contribution in [0.15, 0.2) is 59.1 Å². The van der Waals surface area contributed by atoms with E-state index in [-0.39, 0.29) is 5.56 Å². The molecule has 174 valence electrons. The second-order valence-corrected chi connectivity index (χ2v) is 9.62. The van der Waals surface area contributed by atoms with Crippen molar-refractivity contribution in [3.63, 3.8) is 0 Å². The van der Waals surface area contributed by atoms with Gasteiger partial charge >= 0.3 is 6.09 Å². The van der Waals surface area contributed by atoms with Crippen LogP contribution in [0.1, 0.15) is 43.0 Å². The largest absolute Gasteiger partial charge is 0.444 e. The Morgan fingerprint density at radius 2 is 1.82 bits per heavy atom. The first-order valence-corrected chi connectivity index (χ1v) is 11.7. The Labute approximate surface area is 197 Å². The van der Waals surface area contributed by atoms with Crippen molar-refractivity contribution in [2.45, 2.75) is 57.2 Å². The molecule has 2 aromatic heterocycles. The van der Waals surface area contributed by atoms with Gasteiger partial charge in [-0.25, -0.2) is 14.8 Å². The van der Waals surface area contributed by atoms with Gasteiger partial charge in [-0.3, -0.25) is 4.79 Å². The molecular weight excluding hydrogens is 438 g/mol. The van der Waals surface area contributed by atoms with Crippen LogP contribution in [-0.4, -0.2) is 37.8 Å². The number of aryl methyl sites for hydroxylation is 1. The van der Waals surface area contributed by atoms with Crippen molar-refractivity contribution in [1.82, 2.24) is 24.8 Å². The average Bonchev–Trinajstić information content (AvgIpc) is 2.75. The van der Waals surface area contributed by atoms with Crippen LogP contribution < -0.4 is 10.9 Å². The van der Waals surface area contributed by atoms with E-state index >= 15 is 0 Å². The number of carbonyl (C=O) groups is 1.